The van der Waals surface area contributed by atoms with Crippen LogP contribution < -0.4 is 0 Å². The molecular weight excluding hydrogens is 278 g/mol. The van der Waals surface area contributed by atoms with Gasteiger partial charge < -0.3 is 10.0 Å². The Hall–Kier alpha value is -0.380. The Morgan fingerprint density at radius 3 is 2.47 bits per heavy atom. The molecule has 0 bridgehead atoms. The summed E-state index contributed by atoms with van der Waals surface area (Å²) in [5.41, 5.74) is 1.41. The molecule has 1 aliphatic rings. The third-order valence-electron chi connectivity index (χ3n) is 3.41. The van der Waals surface area contributed by atoms with Crippen LogP contribution in [0, 0.1) is 0 Å². The highest BCUT2D eigenvalue weighted by molar-refractivity contribution is 9.10. The van der Waals surface area contributed by atoms with Crippen molar-refractivity contribution in [1.82, 2.24) is 4.90 Å². The lowest BCUT2D eigenvalue weighted by atomic mass is 10.1. The predicted molar refractivity (Wildman–Crippen MR) is 74.1 cm³/mol. The normalized spacial score (nSPS) is 18.5. The first-order valence-corrected chi connectivity index (χ1v) is 7.18. The number of aryl methyl sites for hydroxylation is 1. The molecule has 1 aliphatic heterocycles. The number of nitrogens with zero attached hydrogens (tertiary/aromatic N) is 1. The first kappa shape index (κ1) is 13.1. The highest BCUT2D eigenvalue weighted by Crippen LogP contribution is 2.13. The van der Waals surface area contributed by atoms with Gasteiger partial charge in [-0.3, -0.25) is 0 Å². The fourth-order valence-electron chi connectivity index (χ4n) is 2.30. The largest absolute Gasteiger partial charge is 0.393 e. The van der Waals surface area contributed by atoms with E-state index in [9.17, 15) is 5.11 Å². The number of aliphatic hydroxyl groups excluding tert-OH is 1. The summed E-state index contributed by atoms with van der Waals surface area (Å²) in [5, 5.41) is 9.43. The van der Waals surface area contributed by atoms with Crippen molar-refractivity contribution >= 4 is 15.9 Å². The van der Waals surface area contributed by atoms with Gasteiger partial charge in [0.2, 0.25) is 0 Å². The fraction of sp³-hybridized carbons (Fsp3) is 0.571. The van der Waals surface area contributed by atoms with Gasteiger partial charge in [-0.25, -0.2) is 0 Å². The van der Waals surface area contributed by atoms with Gasteiger partial charge in [0.15, 0.2) is 0 Å². The molecule has 1 aromatic carbocycles. The van der Waals surface area contributed by atoms with Crippen LogP contribution in [-0.4, -0.2) is 35.7 Å². The molecule has 1 fully saturated rings. The zero-order chi connectivity index (χ0) is 12.1. The van der Waals surface area contributed by atoms with Gasteiger partial charge in [0.05, 0.1) is 6.10 Å². The van der Waals surface area contributed by atoms with E-state index >= 15 is 0 Å². The molecule has 0 atom stereocenters. The maximum atomic E-state index is 9.43. The van der Waals surface area contributed by atoms with Crippen LogP contribution in [0.5, 0.6) is 0 Å². The van der Waals surface area contributed by atoms with Gasteiger partial charge in [-0.2, -0.15) is 0 Å². The first-order valence-electron chi connectivity index (χ1n) is 6.39. The smallest absolute Gasteiger partial charge is 0.0564 e. The molecule has 1 N–H and O–H groups in total. The van der Waals surface area contributed by atoms with Crippen LogP contribution in [0.25, 0.3) is 0 Å². The number of likely N-dealkylation sites (tertiary alicyclic amines) is 1. The molecule has 0 spiro atoms. The van der Waals surface area contributed by atoms with E-state index in [2.05, 4.69) is 45.1 Å². The number of hydrogen-bond acceptors (Lipinski definition) is 2. The molecule has 0 amide bonds. The Labute approximate surface area is 112 Å². The van der Waals surface area contributed by atoms with E-state index in [1.54, 1.807) is 0 Å². The van der Waals surface area contributed by atoms with Crippen LogP contribution in [0.15, 0.2) is 28.7 Å². The minimum atomic E-state index is -0.0577. The summed E-state index contributed by atoms with van der Waals surface area (Å²) in [6, 6.07) is 8.58. The van der Waals surface area contributed by atoms with E-state index in [1.165, 1.54) is 12.0 Å². The van der Waals surface area contributed by atoms with Crippen LogP contribution in [0.4, 0.5) is 0 Å². The Bertz CT molecular complexity index is 331. The Balaban J connectivity index is 1.67. The highest BCUT2D eigenvalue weighted by atomic mass is 79.9. The quantitative estimate of drug-likeness (QED) is 0.924. The van der Waals surface area contributed by atoms with Crippen molar-refractivity contribution in [1.29, 1.82) is 0 Å². The zero-order valence-corrected chi connectivity index (χ0v) is 11.7. The molecule has 0 radical (unpaired) electrons. The molecule has 94 valence electrons. The molecule has 1 aromatic rings. The zero-order valence-electron chi connectivity index (χ0n) is 10.1. The molecule has 1 heterocycles. The second-order valence-electron chi connectivity index (χ2n) is 4.80. The summed E-state index contributed by atoms with van der Waals surface area (Å²) in [6.45, 7) is 3.27. The standard InChI is InChI=1S/C14H20BrNO/c15-13-5-3-12(4-6-13)2-1-9-16-10-7-14(17)8-11-16/h3-6,14,17H,1-2,7-11H2. The van der Waals surface area contributed by atoms with E-state index in [1.807, 2.05) is 0 Å². The molecular formula is C14H20BrNO. The summed E-state index contributed by atoms with van der Waals surface area (Å²) < 4.78 is 1.14. The van der Waals surface area contributed by atoms with Gasteiger partial charge in [-0.1, -0.05) is 28.1 Å². The van der Waals surface area contributed by atoms with Crippen LogP contribution in [-0.2, 0) is 6.42 Å². The summed E-state index contributed by atoms with van der Waals surface area (Å²) in [5.74, 6) is 0. The SMILES string of the molecule is OC1CCN(CCCc2ccc(Br)cc2)CC1. The lowest BCUT2D eigenvalue weighted by Gasteiger charge is -2.29. The number of rotatable bonds is 4. The van der Waals surface area contributed by atoms with E-state index in [0.717, 1.165) is 43.4 Å². The molecule has 0 saturated carbocycles. The number of piperidine rings is 1. The van der Waals surface area contributed by atoms with Crippen molar-refractivity contribution in [2.24, 2.45) is 0 Å². The summed E-state index contributed by atoms with van der Waals surface area (Å²) in [4.78, 5) is 2.46. The molecule has 0 aromatic heterocycles. The van der Waals surface area contributed by atoms with Crippen molar-refractivity contribution in [3.05, 3.63) is 34.3 Å². The average Bonchev–Trinajstić information content (AvgIpc) is 2.34. The third-order valence-corrected chi connectivity index (χ3v) is 3.94. The first-order chi connectivity index (χ1) is 8.24. The molecule has 0 unspecified atom stereocenters. The van der Waals surface area contributed by atoms with Gasteiger partial charge in [-0.15, -0.1) is 0 Å². The Morgan fingerprint density at radius 2 is 1.82 bits per heavy atom. The van der Waals surface area contributed by atoms with Crippen molar-refractivity contribution in [3.8, 4) is 0 Å². The van der Waals surface area contributed by atoms with Gasteiger partial charge in [-0.05, 0) is 49.9 Å². The molecule has 0 aliphatic carbocycles. The van der Waals surface area contributed by atoms with Crippen LogP contribution in [0.3, 0.4) is 0 Å². The second kappa shape index (κ2) is 6.53. The monoisotopic (exact) mass is 297 g/mol. The topological polar surface area (TPSA) is 23.5 Å². The Morgan fingerprint density at radius 1 is 1.18 bits per heavy atom. The summed E-state index contributed by atoms with van der Waals surface area (Å²) in [7, 11) is 0. The van der Waals surface area contributed by atoms with Gasteiger partial charge in [0.25, 0.3) is 0 Å². The number of halogens is 1. The van der Waals surface area contributed by atoms with Gasteiger partial charge in [0.1, 0.15) is 0 Å². The van der Waals surface area contributed by atoms with E-state index < -0.39 is 0 Å². The third kappa shape index (κ3) is 4.41. The second-order valence-corrected chi connectivity index (χ2v) is 5.72. The number of benzene rings is 1. The van der Waals surface area contributed by atoms with Gasteiger partial charge >= 0.3 is 0 Å². The summed E-state index contributed by atoms with van der Waals surface area (Å²) in [6.07, 6.45) is 4.18. The lowest BCUT2D eigenvalue weighted by molar-refractivity contribution is 0.0821. The minimum absolute atomic E-state index is 0.0577. The lowest BCUT2D eigenvalue weighted by Crippen LogP contribution is -2.36. The van der Waals surface area contributed by atoms with Crippen LogP contribution in [0.1, 0.15) is 24.8 Å². The van der Waals surface area contributed by atoms with Crippen LogP contribution in [0.2, 0.25) is 0 Å². The van der Waals surface area contributed by atoms with Crippen molar-refractivity contribution in [2.45, 2.75) is 31.8 Å². The van der Waals surface area contributed by atoms with Crippen LogP contribution >= 0.6 is 15.9 Å². The highest BCUT2D eigenvalue weighted by Gasteiger charge is 2.15. The van der Waals surface area contributed by atoms with Crippen molar-refractivity contribution in [3.63, 3.8) is 0 Å². The number of aliphatic hydroxyl groups is 1. The molecule has 3 heteroatoms. The summed E-state index contributed by atoms with van der Waals surface area (Å²) >= 11 is 3.45. The van der Waals surface area contributed by atoms with Crippen molar-refractivity contribution in [2.75, 3.05) is 19.6 Å². The van der Waals surface area contributed by atoms with E-state index in [0.29, 0.717) is 0 Å². The maximum Gasteiger partial charge on any atom is 0.0564 e. The molecule has 2 nitrogen and oxygen atoms in total. The molecule has 2 rings (SSSR count). The molecule has 1 saturated heterocycles. The predicted octanol–water partition coefficient (Wildman–Crippen LogP) is 2.84. The maximum absolute atomic E-state index is 9.43. The van der Waals surface area contributed by atoms with Gasteiger partial charge in [0, 0.05) is 17.6 Å². The minimum Gasteiger partial charge on any atom is -0.393 e. The number of hydrogen-bond donors (Lipinski definition) is 1. The van der Waals surface area contributed by atoms with Crippen molar-refractivity contribution < 1.29 is 5.11 Å². The Kier molecular flexibility index (Phi) is 5.01. The average molecular weight is 298 g/mol. The van der Waals surface area contributed by atoms with E-state index in [-0.39, 0.29) is 6.10 Å². The fourth-order valence-corrected chi connectivity index (χ4v) is 2.57. The molecule has 17 heavy (non-hydrogen) atoms. The van der Waals surface area contributed by atoms with E-state index in [4.69, 9.17) is 0 Å².